The Labute approximate surface area is 110 Å². The van der Waals surface area contributed by atoms with Crippen molar-refractivity contribution in [2.24, 2.45) is 0 Å². The molecular weight excluding hydrogens is 246 g/mol. The van der Waals surface area contributed by atoms with Crippen LogP contribution in [0.4, 0.5) is 0 Å². The molecule has 2 rings (SSSR count). The van der Waals surface area contributed by atoms with Crippen molar-refractivity contribution < 1.29 is 8.42 Å². The van der Waals surface area contributed by atoms with Crippen LogP contribution in [0.2, 0.25) is 0 Å². The SMILES string of the molecule is CCCS(=O)(=O)CCNC1CCc2ccccc21. The molecule has 0 fully saturated rings. The predicted molar refractivity (Wildman–Crippen MR) is 74.5 cm³/mol. The van der Waals surface area contributed by atoms with Crippen LogP contribution in [0.1, 0.15) is 36.9 Å². The summed E-state index contributed by atoms with van der Waals surface area (Å²) in [5.41, 5.74) is 2.73. The quantitative estimate of drug-likeness (QED) is 0.858. The smallest absolute Gasteiger partial charge is 0.151 e. The number of fused-ring (bicyclic) bond motifs is 1. The first-order chi connectivity index (χ1) is 8.62. The van der Waals surface area contributed by atoms with Gasteiger partial charge in [-0.1, -0.05) is 31.2 Å². The second-order valence-corrected chi connectivity index (χ2v) is 7.20. The van der Waals surface area contributed by atoms with Gasteiger partial charge in [0.05, 0.1) is 5.75 Å². The van der Waals surface area contributed by atoms with E-state index >= 15 is 0 Å². The molecule has 1 aliphatic carbocycles. The van der Waals surface area contributed by atoms with E-state index < -0.39 is 9.84 Å². The fraction of sp³-hybridized carbons (Fsp3) is 0.571. The molecule has 1 unspecified atom stereocenters. The van der Waals surface area contributed by atoms with E-state index in [-0.39, 0.29) is 5.75 Å². The summed E-state index contributed by atoms with van der Waals surface area (Å²) < 4.78 is 23.2. The van der Waals surface area contributed by atoms with E-state index in [1.807, 2.05) is 13.0 Å². The van der Waals surface area contributed by atoms with Gasteiger partial charge in [0.25, 0.3) is 0 Å². The van der Waals surface area contributed by atoms with Gasteiger partial charge >= 0.3 is 0 Å². The molecule has 100 valence electrons. The monoisotopic (exact) mass is 267 g/mol. The van der Waals surface area contributed by atoms with E-state index in [9.17, 15) is 8.42 Å². The Kier molecular flexibility index (Phi) is 4.40. The van der Waals surface area contributed by atoms with Crippen LogP contribution in [0.25, 0.3) is 0 Å². The zero-order valence-electron chi connectivity index (χ0n) is 10.9. The van der Waals surface area contributed by atoms with E-state index in [0.29, 0.717) is 24.8 Å². The first-order valence-electron chi connectivity index (χ1n) is 6.64. The molecule has 0 saturated heterocycles. The minimum absolute atomic E-state index is 0.250. The van der Waals surface area contributed by atoms with Gasteiger partial charge in [0, 0.05) is 18.3 Å². The summed E-state index contributed by atoms with van der Waals surface area (Å²) in [5.74, 6) is 0.551. The molecule has 0 aromatic heterocycles. The van der Waals surface area contributed by atoms with E-state index in [1.54, 1.807) is 0 Å². The molecule has 1 aromatic rings. The first-order valence-corrected chi connectivity index (χ1v) is 8.46. The molecule has 1 atom stereocenters. The molecule has 0 amide bonds. The van der Waals surface area contributed by atoms with Gasteiger partial charge in [-0.05, 0) is 30.4 Å². The van der Waals surface area contributed by atoms with Crippen molar-refractivity contribution >= 4 is 9.84 Å². The van der Waals surface area contributed by atoms with Crippen molar-refractivity contribution in [3.05, 3.63) is 35.4 Å². The Bertz CT molecular complexity index is 496. The maximum Gasteiger partial charge on any atom is 0.151 e. The second kappa shape index (κ2) is 5.85. The maximum atomic E-state index is 11.6. The van der Waals surface area contributed by atoms with Gasteiger partial charge in [0.15, 0.2) is 9.84 Å². The van der Waals surface area contributed by atoms with Gasteiger partial charge in [0.1, 0.15) is 0 Å². The van der Waals surface area contributed by atoms with Crippen molar-refractivity contribution in [2.75, 3.05) is 18.1 Å². The molecule has 3 nitrogen and oxygen atoms in total. The van der Waals surface area contributed by atoms with Gasteiger partial charge < -0.3 is 5.32 Å². The molecule has 0 radical (unpaired) electrons. The largest absolute Gasteiger partial charge is 0.309 e. The van der Waals surface area contributed by atoms with Crippen LogP contribution < -0.4 is 5.32 Å². The van der Waals surface area contributed by atoms with Crippen LogP contribution in [0.3, 0.4) is 0 Å². The number of sulfone groups is 1. The summed E-state index contributed by atoms with van der Waals surface area (Å²) in [4.78, 5) is 0. The Morgan fingerprint density at radius 3 is 2.83 bits per heavy atom. The summed E-state index contributed by atoms with van der Waals surface area (Å²) in [6.07, 6.45) is 2.87. The van der Waals surface area contributed by atoms with Gasteiger partial charge in [-0.2, -0.15) is 0 Å². The second-order valence-electron chi connectivity index (χ2n) is 4.90. The van der Waals surface area contributed by atoms with Crippen molar-refractivity contribution in [3.8, 4) is 0 Å². The lowest BCUT2D eigenvalue weighted by molar-refractivity contribution is 0.541. The molecule has 0 bridgehead atoms. The minimum Gasteiger partial charge on any atom is -0.309 e. The first kappa shape index (κ1) is 13.6. The van der Waals surface area contributed by atoms with Gasteiger partial charge in [-0.25, -0.2) is 8.42 Å². The van der Waals surface area contributed by atoms with Crippen molar-refractivity contribution in [2.45, 2.75) is 32.2 Å². The third-order valence-electron chi connectivity index (χ3n) is 3.45. The Morgan fingerprint density at radius 1 is 1.28 bits per heavy atom. The van der Waals surface area contributed by atoms with Crippen molar-refractivity contribution in [3.63, 3.8) is 0 Å². The average molecular weight is 267 g/mol. The highest BCUT2D eigenvalue weighted by atomic mass is 32.2. The van der Waals surface area contributed by atoms with Gasteiger partial charge in [-0.15, -0.1) is 0 Å². The van der Waals surface area contributed by atoms with Crippen molar-refractivity contribution in [1.29, 1.82) is 0 Å². The Hall–Kier alpha value is -0.870. The molecule has 0 saturated carbocycles. The highest BCUT2D eigenvalue weighted by molar-refractivity contribution is 7.91. The third-order valence-corrected chi connectivity index (χ3v) is 5.31. The zero-order chi connectivity index (χ0) is 13.0. The lowest BCUT2D eigenvalue weighted by Gasteiger charge is -2.13. The average Bonchev–Trinajstić information content (AvgIpc) is 2.73. The topological polar surface area (TPSA) is 46.2 Å². The lowest BCUT2D eigenvalue weighted by atomic mass is 10.1. The molecule has 0 aliphatic heterocycles. The molecule has 1 aromatic carbocycles. The van der Waals surface area contributed by atoms with Crippen LogP contribution in [-0.2, 0) is 16.3 Å². The molecule has 18 heavy (non-hydrogen) atoms. The summed E-state index contributed by atoms with van der Waals surface area (Å²) in [5, 5.41) is 3.37. The molecular formula is C14H21NO2S. The number of benzene rings is 1. The summed E-state index contributed by atoms with van der Waals surface area (Å²) in [7, 11) is -2.86. The van der Waals surface area contributed by atoms with E-state index in [4.69, 9.17) is 0 Å². The molecule has 0 heterocycles. The highest BCUT2D eigenvalue weighted by Crippen LogP contribution is 2.30. The fourth-order valence-corrected chi connectivity index (χ4v) is 3.83. The maximum absolute atomic E-state index is 11.6. The Balaban J connectivity index is 1.86. The molecule has 4 heteroatoms. The number of hydrogen-bond donors (Lipinski definition) is 1. The zero-order valence-corrected chi connectivity index (χ0v) is 11.7. The third kappa shape index (κ3) is 3.33. The lowest BCUT2D eigenvalue weighted by Crippen LogP contribution is -2.27. The van der Waals surface area contributed by atoms with E-state index in [2.05, 4.69) is 23.5 Å². The molecule has 1 N–H and O–H groups in total. The van der Waals surface area contributed by atoms with Crippen LogP contribution in [0.5, 0.6) is 0 Å². The van der Waals surface area contributed by atoms with Crippen LogP contribution >= 0.6 is 0 Å². The minimum atomic E-state index is -2.86. The number of aryl methyl sites for hydroxylation is 1. The Morgan fingerprint density at radius 2 is 2.06 bits per heavy atom. The van der Waals surface area contributed by atoms with Gasteiger partial charge in [-0.3, -0.25) is 0 Å². The number of rotatable bonds is 6. The number of nitrogens with one attached hydrogen (secondary N) is 1. The normalized spacial score (nSPS) is 18.8. The summed E-state index contributed by atoms with van der Waals surface area (Å²) in [6.45, 7) is 2.46. The van der Waals surface area contributed by atoms with Gasteiger partial charge in [0.2, 0.25) is 0 Å². The fourth-order valence-electron chi connectivity index (χ4n) is 2.57. The van der Waals surface area contributed by atoms with Crippen LogP contribution in [-0.4, -0.2) is 26.5 Å². The predicted octanol–water partition coefficient (Wildman–Crippen LogP) is 2.09. The van der Waals surface area contributed by atoms with Crippen LogP contribution in [0, 0.1) is 0 Å². The summed E-state index contributed by atoms with van der Waals surface area (Å²) >= 11 is 0. The van der Waals surface area contributed by atoms with Crippen molar-refractivity contribution in [1.82, 2.24) is 5.32 Å². The van der Waals surface area contributed by atoms with E-state index in [1.165, 1.54) is 11.1 Å². The van der Waals surface area contributed by atoms with E-state index in [0.717, 1.165) is 12.8 Å². The molecule has 1 aliphatic rings. The standard InChI is InChI=1S/C14H21NO2S/c1-2-10-18(16,17)11-9-15-14-8-7-12-5-3-4-6-13(12)14/h3-6,14-15H,2,7-11H2,1H3. The number of hydrogen-bond acceptors (Lipinski definition) is 3. The summed E-state index contributed by atoms with van der Waals surface area (Å²) in [6, 6.07) is 8.74. The highest BCUT2D eigenvalue weighted by Gasteiger charge is 2.21. The molecule has 0 spiro atoms. The van der Waals surface area contributed by atoms with Crippen LogP contribution in [0.15, 0.2) is 24.3 Å².